The fraction of sp³-hybridized carbons (Fsp3) is 0.714. The Morgan fingerprint density at radius 3 is 2.44 bits per heavy atom. The van der Waals surface area contributed by atoms with Gasteiger partial charge in [-0.2, -0.15) is 4.98 Å². The second-order valence-electron chi connectivity index (χ2n) is 4.98. The number of aromatic nitrogens is 2. The maximum Gasteiger partial charge on any atom is 0.224 e. The van der Waals surface area contributed by atoms with Crippen LogP contribution in [0.25, 0.3) is 0 Å². The maximum absolute atomic E-state index is 4.62. The lowest BCUT2D eigenvalue weighted by Crippen LogP contribution is -2.28. The molecule has 1 aromatic rings. The van der Waals surface area contributed by atoms with Crippen LogP contribution in [-0.2, 0) is 0 Å². The first kappa shape index (κ1) is 13.1. The van der Waals surface area contributed by atoms with Gasteiger partial charge in [0.25, 0.3) is 0 Å². The Kier molecular flexibility index (Phi) is 4.79. The molecule has 100 valence electrons. The molecule has 1 aliphatic rings. The molecule has 0 aliphatic carbocycles. The molecule has 1 aliphatic heterocycles. The molecule has 1 saturated heterocycles. The molecule has 18 heavy (non-hydrogen) atoms. The largest absolute Gasteiger partial charge is 0.356 e. The normalized spacial score (nSPS) is 17.1. The van der Waals surface area contributed by atoms with Crippen LogP contribution < -0.4 is 10.2 Å². The molecule has 0 amide bonds. The van der Waals surface area contributed by atoms with Crippen LogP contribution in [0.1, 0.15) is 44.7 Å². The summed E-state index contributed by atoms with van der Waals surface area (Å²) < 4.78 is 0. The second kappa shape index (κ2) is 6.57. The Morgan fingerprint density at radius 2 is 1.78 bits per heavy atom. The Bertz CT molecular complexity index is 370. The highest BCUT2D eigenvalue weighted by Crippen LogP contribution is 2.19. The van der Waals surface area contributed by atoms with Gasteiger partial charge in [-0.3, -0.25) is 0 Å². The van der Waals surface area contributed by atoms with Gasteiger partial charge < -0.3 is 10.2 Å². The van der Waals surface area contributed by atoms with E-state index in [1.54, 1.807) is 0 Å². The average Bonchev–Trinajstić information content (AvgIpc) is 2.27. The highest BCUT2D eigenvalue weighted by atomic mass is 15.2. The molecule has 4 nitrogen and oxygen atoms in total. The van der Waals surface area contributed by atoms with Crippen LogP contribution in [0.3, 0.4) is 0 Å². The average molecular weight is 248 g/mol. The van der Waals surface area contributed by atoms with Crippen molar-refractivity contribution in [2.45, 2.75) is 46.0 Å². The highest BCUT2D eigenvalue weighted by Gasteiger charge is 2.12. The van der Waals surface area contributed by atoms with Crippen molar-refractivity contribution < 1.29 is 0 Å². The highest BCUT2D eigenvalue weighted by molar-refractivity contribution is 5.44. The number of nitrogens with one attached hydrogen (secondary N) is 1. The lowest BCUT2D eigenvalue weighted by atomic mass is 10.1. The molecule has 0 saturated carbocycles. The number of aryl methyl sites for hydroxylation is 1. The molecule has 0 bridgehead atoms. The predicted molar refractivity (Wildman–Crippen MR) is 76.2 cm³/mol. The van der Waals surface area contributed by atoms with Crippen molar-refractivity contribution in [3.63, 3.8) is 0 Å². The number of anilines is 2. The van der Waals surface area contributed by atoms with Crippen LogP contribution in [0.2, 0.25) is 0 Å². The van der Waals surface area contributed by atoms with Crippen molar-refractivity contribution in [1.82, 2.24) is 9.97 Å². The predicted octanol–water partition coefficient (Wildman–Crippen LogP) is 2.99. The monoisotopic (exact) mass is 248 g/mol. The van der Waals surface area contributed by atoms with Crippen LogP contribution in [0.4, 0.5) is 11.8 Å². The van der Waals surface area contributed by atoms with Crippen LogP contribution in [0.5, 0.6) is 0 Å². The van der Waals surface area contributed by atoms with E-state index in [1.165, 1.54) is 32.1 Å². The smallest absolute Gasteiger partial charge is 0.224 e. The van der Waals surface area contributed by atoms with Gasteiger partial charge in [-0.05, 0) is 26.7 Å². The third-order valence-electron chi connectivity index (χ3n) is 3.36. The van der Waals surface area contributed by atoms with Crippen LogP contribution in [0, 0.1) is 6.92 Å². The molecule has 2 heterocycles. The molecule has 2 rings (SSSR count). The molecule has 4 heteroatoms. The first-order valence-corrected chi connectivity index (χ1v) is 7.14. The van der Waals surface area contributed by atoms with E-state index in [9.17, 15) is 0 Å². The Hall–Kier alpha value is -1.32. The fourth-order valence-electron chi connectivity index (χ4n) is 2.43. The van der Waals surface area contributed by atoms with E-state index in [2.05, 4.69) is 33.2 Å². The topological polar surface area (TPSA) is 41.1 Å². The third-order valence-corrected chi connectivity index (χ3v) is 3.36. The zero-order chi connectivity index (χ0) is 12.8. The van der Waals surface area contributed by atoms with Crippen molar-refractivity contribution >= 4 is 11.8 Å². The van der Waals surface area contributed by atoms with Crippen molar-refractivity contribution in [1.29, 1.82) is 0 Å². The summed E-state index contributed by atoms with van der Waals surface area (Å²) in [6.07, 6.45) is 6.64. The maximum atomic E-state index is 4.62. The van der Waals surface area contributed by atoms with Gasteiger partial charge in [0.05, 0.1) is 0 Å². The summed E-state index contributed by atoms with van der Waals surface area (Å²) in [7, 11) is 0. The van der Waals surface area contributed by atoms with E-state index in [1.807, 2.05) is 6.92 Å². The Balaban J connectivity index is 2.14. The summed E-state index contributed by atoms with van der Waals surface area (Å²) in [6.45, 7) is 7.23. The minimum atomic E-state index is 0.759. The van der Waals surface area contributed by atoms with E-state index in [0.717, 1.165) is 37.1 Å². The number of hydrogen-bond acceptors (Lipinski definition) is 4. The van der Waals surface area contributed by atoms with Gasteiger partial charge in [0.1, 0.15) is 5.82 Å². The van der Waals surface area contributed by atoms with Gasteiger partial charge >= 0.3 is 0 Å². The van der Waals surface area contributed by atoms with Gasteiger partial charge in [-0.1, -0.05) is 19.3 Å². The fourth-order valence-corrected chi connectivity index (χ4v) is 2.43. The second-order valence-corrected chi connectivity index (χ2v) is 4.98. The van der Waals surface area contributed by atoms with Crippen molar-refractivity contribution in [3.8, 4) is 0 Å². The summed E-state index contributed by atoms with van der Waals surface area (Å²) in [6, 6.07) is 2.10. The zero-order valence-electron chi connectivity index (χ0n) is 11.6. The van der Waals surface area contributed by atoms with E-state index in [0.29, 0.717) is 0 Å². The van der Waals surface area contributed by atoms with E-state index >= 15 is 0 Å². The minimum Gasteiger partial charge on any atom is -0.356 e. The molecule has 0 atom stereocenters. The summed E-state index contributed by atoms with van der Waals surface area (Å²) in [4.78, 5) is 11.4. The van der Waals surface area contributed by atoms with Crippen molar-refractivity contribution in [2.24, 2.45) is 0 Å². The van der Waals surface area contributed by atoms with E-state index in [4.69, 9.17) is 0 Å². The minimum absolute atomic E-state index is 0.759. The van der Waals surface area contributed by atoms with Crippen LogP contribution >= 0.6 is 0 Å². The first-order chi connectivity index (χ1) is 8.79. The summed E-state index contributed by atoms with van der Waals surface area (Å²) in [5.41, 5.74) is 1.04. The zero-order valence-corrected chi connectivity index (χ0v) is 11.6. The van der Waals surface area contributed by atoms with E-state index < -0.39 is 0 Å². The lowest BCUT2D eigenvalue weighted by Gasteiger charge is -2.26. The Morgan fingerprint density at radius 1 is 1.11 bits per heavy atom. The first-order valence-electron chi connectivity index (χ1n) is 7.14. The van der Waals surface area contributed by atoms with Gasteiger partial charge in [-0.15, -0.1) is 0 Å². The van der Waals surface area contributed by atoms with E-state index in [-0.39, 0.29) is 0 Å². The number of nitrogens with zero attached hydrogens (tertiary/aromatic N) is 3. The SMILES string of the molecule is CCNc1nc(C)cc(N2CCCCCCC2)n1. The van der Waals surface area contributed by atoms with Crippen LogP contribution in [-0.4, -0.2) is 29.6 Å². The Labute approximate surface area is 110 Å². The molecule has 1 N–H and O–H groups in total. The molecule has 1 aromatic heterocycles. The van der Waals surface area contributed by atoms with Gasteiger partial charge in [-0.25, -0.2) is 4.98 Å². The van der Waals surface area contributed by atoms with Gasteiger partial charge in [0.2, 0.25) is 5.95 Å². The summed E-state index contributed by atoms with van der Waals surface area (Å²) in [5, 5.41) is 3.21. The number of hydrogen-bond donors (Lipinski definition) is 1. The lowest BCUT2D eigenvalue weighted by molar-refractivity contribution is 0.553. The molecule has 0 radical (unpaired) electrons. The molecule has 0 unspecified atom stereocenters. The standard InChI is InChI=1S/C14H24N4/c1-3-15-14-16-12(2)11-13(17-14)18-9-7-5-4-6-8-10-18/h11H,3-10H2,1-2H3,(H,15,16,17). The third kappa shape index (κ3) is 3.59. The molecule has 0 aromatic carbocycles. The van der Waals surface area contributed by atoms with Crippen molar-refractivity contribution in [3.05, 3.63) is 11.8 Å². The molecule has 1 fully saturated rings. The summed E-state index contributed by atoms with van der Waals surface area (Å²) in [5.74, 6) is 1.84. The van der Waals surface area contributed by atoms with Gasteiger partial charge in [0.15, 0.2) is 0 Å². The van der Waals surface area contributed by atoms with Gasteiger partial charge in [0, 0.05) is 31.4 Å². The quantitative estimate of drug-likeness (QED) is 0.893. The molecule has 0 spiro atoms. The summed E-state index contributed by atoms with van der Waals surface area (Å²) >= 11 is 0. The molecular formula is C14H24N4. The molecular weight excluding hydrogens is 224 g/mol. The van der Waals surface area contributed by atoms with Crippen LogP contribution in [0.15, 0.2) is 6.07 Å². The number of rotatable bonds is 3. The van der Waals surface area contributed by atoms with Crippen molar-refractivity contribution in [2.75, 3.05) is 29.9 Å².